The van der Waals surface area contributed by atoms with Crippen LogP contribution in [0.5, 0.6) is 5.75 Å². The molecular formula is C13H10Cl3NO2. The fourth-order valence-corrected chi connectivity index (χ4v) is 1.89. The highest BCUT2D eigenvalue weighted by Gasteiger charge is 2.30. The maximum absolute atomic E-state index is 11.7. The maximum Gasteiger partial charge on any atom is 0.276 e. The van der Waals surface area contributed by atoms with Crippen molar-refractivity contribution in [1.29, 1.82) is 0 Å². The normalized spacial score (nSPS) is 11.4. The zero-order valence-electron chi connectivity index (χ0n) is 9.91. The van der Waals surface area contributed by atoms with E-state index in [1.807, 2.05) is 24.3 Å². The molecule has 0 bridgehead atoms. The number of benzene rings is 2. The molecule has 0 saturated carbocycles. The molecule has 0 heterocycles. The van der Waals surface area contributed by atoms with Gasteiger partial charge in [-0.05, 0) is 12.1 Å². The van der Waals surface area contributed by atoms with Gasteiger partial charge in [0.05, 0.1) is 7.11 Å². The second kappa shape index (κ2) is 5.45. The van der Waals surface area contributed by atoms with Crippen LogP contribution in [0.2, 0.25) is 0 Å². The fraction of sp³-hybridized carbons (Fsp3) is 0.154. The number of carbonyl (C=O) groups excluding carboxylic acids is 1. The van der Waals surface area contributed by atoms with E-state index in [0.717, 1.165) is 10.8 Å². The maximum atomic E-state index is 11.7. The molecule has 6 heteroatoms. The van der Waals surface area contributed by atoms with Gasteiger partial charge in [0.25, 0.3) is 9.70 Å². The molecule has 100 valence electrons. The van der Waals surface area contributed by atoms with Crippen LogP contribution in [0.3, 0.4) is 0 Å². The summed E-state index contributed by atoms with van der Waals surface area (Å²) in [5, 5.41) is 4.26. The topological polar surface area (TPSA) is 38.3 Å². The predicted molar refractivity (Wildman–Crippen MR) is 79.4 cm³/mol. The first kappa shape index (κ1) is 14.3. The standard InChI is InChI=1S/C13H10Cl3NO2/c1-19-11-7-6-10(17-12(18)13(14,15)16)8-4-2-3-5-9(8)11/h2-7H,1H3,(H,17,18). The van der Waals surface area contributed by atoms with Crippen LogP contribution in [0.1, 0.15) is 0 Å². The number of methoxy groups -OCH3 is 1. The number of rotatable bonds is 2. The van der Waals surface area contributed by atoms with Gasteiger partial charge in [0.2, 0.25) is 0 Å². The van der Waals surface area contributed by atoms with Crippen molar-refractivity contribution in [2.75, 3.05) is 12.4 Å². The van der Waals surface area contributed by atoms with Crippen LogP contribution in [0.25, 0.3) is 10.8 Å². The second-order valence-corrected chi connectivity index (χ2v) is 6.09. The van der Waals surface area contributed by atoms with Gasteiger partial charge >= 0.3 is 0 Å². The van der Waals surface area contributed by atoms with Crippen molar-refractivity contribution >= 4 is 57.2 Å². The van der Waals surface area contributed by atoms with Crippen molar-refractivity contribution in [3.05, 3.63) is 36.4 Å². The van der Waals surface area contributed by atoms with E-state index in [9.17, 15) is 4.79 Å². The first-order valence-corrected chi connectivity index (χ1v) is 6.51. The van der Waals surface area contributed by atoms with E-state index < -0.39 is 9.70 Å². The van der Waals surface area contributed by atoms with E-state index in [0.29, 0.717) is 11.4 Å². The molecule has 1 N–H and O–H groups in total. The first-order chi connectivity index (χ1) is 8.93. The Morgan fingerprint density at radius 1 is 1.11 bits per heavy atom. The van der Waals surface area contributed by atoms with Crippen LogP contribution < -0.4 is 10.1 Å². The van der Waals surface area contributed by atoms with Gasteiger partial charge < -0.3 is 10.1 Å². The third kappa shape index (κ3) is 3.06. The minimum Gasteiger partial charge on any atom is -0.496 e. The van der Waals surface area contributed by atoms with E-state index >= 15 is 0 Å². The molecule has 0 aliphatic heterocycles. The molecule has 3 nitrogen and oxygen atoms in total. The van der Waals surface area contributed by atoms with Crippen LogP contribution >= 0.6 is 34.8 Å². The Morgan fingerprint density at radius 2 is 1.74 bits per heavy atom. The van der Waals surface area contributed by atoms with Crippen LogP contribution in [0, 0.1) is 0 Å². The average molecular weight is 319 g/mol. The Balaban J connectivity index is 2.48. The summed E-state index contributed by atoms with van der Waals surface area (Å²) in [5.41, 5.74) is 0.563. The summed E-state index contributed by atoms with van der Waals surface area (Å²) in [7, 11) is 1.58. The summed E-state index contributed by atoms with van der Waals surface area (Å²) in [5.74, 6) is 0.00954. The molecular weight excluding hydrogens is 309 g/mol. The monoisotopic (exact) mass is 317 g/mol. The van der Waals surface area contributed by atoms with Crippen molar-refractivity contribution in [1.82, 2.24) is 0 Å². The van der Waals surface area contributed by atoms with E-state index in [1.54, 1.807) is 19.2 Å². The number of hydrogen-bond donors (Lipinski definition) is 1. The third-order valence-corrected chi connectivity index (χ3v) is 3.12. The molecule has 1 amide bonds. The van der Waals surface area contributed by atoms with Crippen molar-refractivity contribution in [2.45, 2.75) is 3.79 Å². The first-order valence-electron chi connectivity index (χ1n) is 5.37. The molecule has 19 heavy (non-hydrogen) atoms. The summed E-state index contributed by atoms with van der Waals surface area (Å²) in [4.78, 5) is 11.7. The van der Waals surface area contributed by atoms with Gasteiger partial charge in [-0.3, -0.25) is 4.79 Å². The van der Waals surface area contributed by atoms with E-state index in [-0.39, 0.29) is 0 Å². The summed E-state index contributed by atoms with van der Waals surface area (Å²) in [6, 6.07) is 10.9. The summed E-state index contributed by atoms with van der Waals surface area (Å²) >= 11 is 16.6. The van der Waals surface area contributed by atoms with Gasteiger partial charge in [-0.2, -0.15) is 0 Å². The molecule has 2 aromatic carbocycles. The molecule has 0 atom stereocenters. The molecule has 0 spiro atoms. The predicted octanol–water partition coefficient (Wildman–Crippen LogP) is 4.16. The lowest BCUT2D eigenvalue weighted by molar-refractivity contribution is -0.115. The highest BCUT2D eigenvalue weighted by Crippen LogP contribution is 2.33. The van der Waals surface area contributed by atoms with Crippen LogP contribution in [-0.4, -0.2) is 16.8 Å². The largest absolute Gasteiger partial charge is 0.496 e. The molecule has 2 aromatic rings. The zero-order valence-corrected chi connectivity index (χ0v) is 12.2. The highest BCUT2D eigenvalue weighted by molar-refractivity contribution is 6.76. The van der Waals surface area contributed by atoms with E-state index in [2.05, 4.69) is 5.32 Å². The summed E-state index contributed by atoms with van der Waals surface area (Å²) in [6.45, 7) is 0. The van der Waals surface area contributed by atoms with Gasteiger partial charge in [-0.15, -0.1) is 0 Å². The molecule has 0 aromatic heterocycles. The minimum atomic E-state index is -2.00. The Morgan fingerprint density at radius 3 is 2.32 bits per heavy atom. The average Bonchev–Trinajstić information content (AvgIpc) is 2.38. The zero-order chi connectivity index (χ0) is 14.0. The van der Waals surface area contributed by atoms with Crippen LogP contribution in [0.4, 0.5) is 5.69 Å². The van der Waals surface area contributed by atoms with Crippen LogP contribution in [0.15, 0.2) is 36.4 Å². The molecule has 0 aliphatic carbocycles. The number of fused-ring (bicyclic) bond motifs is 1. The summed E-state index contributed by atoms with van der Waals surface area (Å²) in [6.07, 6.45) is 0. The molecule has 0 fully saturated rings. The van der Waals surface area contributed by atoms with Crippen LogP contribution in [-0.2, 0) is 4.79 Å². The molecule has 0 aliphatic rings. The number of ether oxygens (including phenoxy) is 1. The van der Waals surface area contributed by atoms with Gasteiger partial charge in [0.15, 0.2) is 0 Å². The van der Waals surface area contributed by atoms with Crippen molar-refractivity contribution < 1.29 is 9.53 Å². The van der Waals surface area contributed by atoms with Crippen molar-refractivity contribution in [3.63, 3.8) is 0 Å². The molecule has 0 unspecified atom stereocenters. The number of nitrogens with one attached hydrogen (secondary N) is 1. The van der Waals surface area contributed by atoms with E-state index in [1.165, 1.54) is 0 Å². The summed E-state index contributed by atoms with van der Waals surface area (Å²) < 4.78 is 3.26. The van der Waals surface area contributed by atoms with Gasteiger partial charge in [-0.1, -0.05) is 59.1 Å². The fourth-order valence-electron chi connectivity index (χ4n) is 1.75. The molecule has 2 rings (SSSR count). The number of carbonyl (C=O) groups is 1. The minimum absolute atomic E-state index is 0.563. The Bertz CT molecular complexity index is 623. The Kier molecular flexibility index (Phi) is 4.09. The number of amides is 1. The lowest BCUT2D eigenvalue weighted by Gasteiger charge is -2.14. The number of alkyl halides is 3. The number of anilines is 1. The molecule has 0 radical (unpaired) electrons. The van der Waals surface area contributed by atoms with Gasteiger partial charge in [0.1, 0.15) is 5.75 Å². The Hall–Kier alpha value is -1.16. The van der Waals surface area contributed by atoms with Gasteiger partial charge in [0, 0.05) is 16.5 Å². The molecule has 0 saturated heterocycles. The smallest absolute Gasteiger partial charge is 0.276 e. The second-order valence-electron chi connectivity index (χ2n) is 3.81. The number of halogens is 3. The third-order valence-electron chi connectivity index (χ3n) is 2.61. The van der Waals surface area contributed by atoms with Gasteiger partial charge in [-0.25, -0.2) is 0 Å². The quantitative estimate of drug-likeness (QED) is 0.845. The number of hydrogen-bond acceptors (Lipinski definition) is 2. The lowest BCUT2D eigenvalue weighted by atomic mass is 10.1. The highest BCUT2D eigenvalue weighted by atomic mass is 35.6. The van der Waals surface area contributed by atoms with Crippen molar-refractivity contribution in [2.24, 2.45) is 0 Å². The van der Waals surface area contributed by atoms with E-state index in [4.69, 9.17) is 39.5 Å². The lowest BCUT2D eigenvalue weighted by Crippen LogP contribution is -2.27. The SMILES string of the molecule is COc1ccc(NC(=O)C(Cl)(Cl)Cl)c2ccccc12. The Labute approximate surface area is 125 Å². The van der Waals surface area contributed by atoms with Crippen molar-refractivity contribution in [3.8, 4) is 5.75 Å².